The average Bonchev–Trinajstić information content (AvgIpc) is 2.48. The van der Waals surface area contributed by atoms with E-state index in [1.807, 2.05) is 19.1 Å². The predicted octanol–water partition coefficient (Wildman–Crippen LogP) is 2.17. The number of aliphatic hydroxyl groups excluding tert-OH is 1. The maximum absolute atomic E-state index is 9.81. The number of hydrogen-bond donors (Lipinski definition) is 1. The molecule has 4 heteroatoms. The van der Waals surface area contributed by atoms with Gasteiger partial charge < -0.3 is 9.84 Å². The number of aliphatic hydroxyl groups is 1. The van der Waals surface area contributed by atoms with E-state index in [0.717, 1.165) is 25.3 Å². The van der Waals surface area contributed by atoms with Crippen molar-refractivity contribution in [3.8, 4) is 11.8 Å². The highest BCUT2D eigenvalue weighted by molar-refractivity contribution is 5.36. The van der Waals surface area contributed by atoms with Crippen LogP contribution in [-0.4, -0.2) is 41.8 Å². The number of hydrogen-bond acceptors (Lipinski definition) is 4. The van der Waals surface area contributed by atoms with Crippen molar-refractivity contribution in [2.24, 2.45) is 0 Å². The van der Waals surface area contributed by atoms with Gasteiger partial charge in [-0.2, -0.15) is 5.26 Å². The Bertz CT molecular complexity index is 468. The first-order chi connectivity index (χ1) is 9.70. The molecule has 1 fully saturated rings. The van der Waals surface area contributed by atoms with Crippen LogP contribution in [0.3, 0.4) is 0 Å². The zero-order valence-electron chi connectivity index (χ0n) is 12.0. The Balaban J connectivity index is 1.83. The minimum absolute atomic E-state index is 0.248. The topological polar surface area (TPSA) is 56.5 Å². The van der Waals surface area contributed by atoms with Gasteiger partial charge in [-0.3, -0.25) is 4.90 Å². The number of ether oxygens (including phenoxy) is 1. The summed E-state index contributed by atoms with van der Waals surface area (Å²) >= 11 is 0. The fourth-order valence-corrected chi connectivity index (χ4v) is 2.78. The number of nitrogens with zero attached hydrogens (tertiary/aromatic N) is 2. The molecule has 1 saturated heterocycles. The van der Waals surface area contributed by atoms with Gasteiger partial charge in [0.05, 0.1) is 17.7 Å². The molecule has 0 aliphatic carbocycles. The van der Waals surface area contributed by atoms with Crippen molar-refractivity contribution in [1.29, 1.82) is 5.26 Å². The minimum Gasteiger partial charge on any atom is -0.492 e. The van der Waals surface area contributed by atoms with E-state index in [1.165, 1.54) is 12.8 Å². The molecular weight excluding hydrogens is 252 g/mol. The summed E-state index contributed by atoms with van der Waals surface area (Å²) in [5, 5.41) is 18.7. The van der Waals surface area contributed by atoms with Crippen molar-refractivity contribution in [1.82, 2.24) is 4.90 Å². The lowest BCUT2D eigenvalue weighted by molar-refractivity contribution is 0.0293. The van der Waals surface area contributed by atoms with Crippen molar-refractivity contribution in [2.75, 3.05) is 19.7 Å². The van der Waals surface area contributed by atoms with Gasteiger partial charge in [0.1, 0.15) is 12.4 Å². The average molecular weight is 274 g/mol. The highest BCUT2D eigenvalue weighted by Crippen LogP contribution is 2.19. The molecule has 108 valence electrons. The van der Waals surface area contributed by atoms with Crippen molar-refractivity contribution >= 4 is 0 Å². The van der Waals surface area contributed by atoms with Crippen LogP contribution >= 0.6 is 0 Å². The number of nitriles is 1. The van der Waals surface area contributed by atoms with Gasteiger partial charge in [0.2, 0.25) is 0 Å². The summed E-state index contributed by atoms with van der Waals surface area (Å²) in [6.45, 7) is 4.28. The van der Waals surface area contributed by atoms with Gasteiger partial charge >= 0.3 is 0 Å². The Morgan fingerprint density at radius 3 is 3.10 bits per heavy atom. The number of likely N-dealkylation sites (tertiary alicyclic amines) is 1. The van der Waals surface area contributed by atoms with E-state index in [9.17, 15) is 5.11 Å². The summed E-state index contributed by atoms with van der Waals surface area (Å²) in [4.78, 5) is 2.31. The Morgan fingerprint density at radius 2 is 2.35 bits per heavy atom. The Morgan fingerprint density at radius 1 is 1.50 bits per heavy atom. The van der Waals surface area contributed by atoms with E-state index in [0.29, 0.717) is 12.2 Å². The largest absolute Gasteiger partial charge is 0.492 e. The molecule has 2 atom stereocenters. The fourth-order valence-electron chi connectivity index (χ4n) is 2.78. The maximum atomic E-state index is 9.81. The Labute approximate surface area is 120 Å². The Hall–Kier alpha value is -1.57. The molecule has 20 heavy (non-hydrogen) atoms. The van der Waals surface area contributed by atoms with Crippen LogP contribution in [0.5, 0.6) is 5.75 Å². The molecule has 1 N–H and O–H groups in total. The van der Waals surface area contributed by atoms with Crippen LogP contribution < -0.4 is 4.74 Å². The normalized spacial score (nSPS) is 21.1. The first-order valence-electron chi connectivity index (χ1n) is 7.26. The Kier molecular flexibility index (Phi) is 5.40. The van der Waals surface area contributed by atoms with Crippen LogP contribution in [0.1, 0.15) is 31.7 Å². The maximum Gasteiger partial charge on any atom is 0.120 e. The number of piperidine rings is 1. The molecule has 0 aromatic heterocycles. The molecule has 2 rings (SSSR count). The summed E-state index contributed by atoms with van der Waals surface area (Å²) in [7, 11) is 0. The molecule has 0 amide bonds. The summed E-state index contributed by atoms with van der Waals surface area (Å²) in [6, 6.07) is 9.56. The van der Waals surface area contributed by atoms with Crippen LogP contribution in [0.15, 0.2) is 24.3 Å². The van der Waals surface area contributed by atoms with Crippen LogP contribution in [0.4, 0.5) is 0 Å². The van der Waals surface area contributed by atoms with Crippen molar-refractivity contribution in [3.63, 3.8) is 0 Å². The molecule has 0 saturated carbocycles. The number of rotatable bonds is 5. The summed E-state index contributed by atoms with van der Waals surface area (Å²) in [6.07, 6.45) is 3.14. The van der Waals surface area contributed by atoms with Crippen molar-refractivity contribution in [2.45, 2.75) is 38.3 Å². The number of benzene rings is 1. The molecule has 1 aromatic carbocycles. The third-order valence-electron chi connectivity index (χ3n) is 3.83. The molecule has 2 unspecified atom stereocenters. The minimum atomic E-state index is -0.294. The zero-order chi connectivity index (χ0) is 14.4. The molecule has 1 aliphatic rings. The lowest BCUT2D eigenvalue weighted by Crippen LogP contribution is -2.47. The van der Waals surface area contributed by atoms with Gasteiger partial charge in [0, 0.05) is 12.6 Å². The zero-order valence-corrected chi connectivity index (χ0v) is 12.0. The predicted molar refractivity (Wildman–Crippen MR) is 77.5 cm³/mol. The molecular formula is C16H22N2O2. The molecule has 0 spiro atoms. The molecule has 4 nitrogen and oxygen atoms in total. The summed E-state index contributed by atoms with van der Waals surface area (Å²) < 4.78 is 5.70. The van der Waals surface area contributed by atoms with Crippen LogP contribution in [0, 0.1) is 11.3 Å². The van der Waals surface area contributed by atoms with Crippen LogP contribution in [0.25, 0.3) is 0 Å². The summed E-state index contributed by atoms with van der Waals surface area (Å²) in [5.74, 6) is 0.731. The van der Waals surface area contributed by atoms with E-state index in [2.05, 4.69) is 11.0 Å². The van der Waals surface area contributed by atoms with Crippen LogP contribution in [-0.2, 0) is 0 Å². The third-order valence-corrected chi connectivity index (χ3v) is 3.83. The molecule has 0 bridgehead atoms. The van der Waals surface area contributed by atoms with E-state index in [-0.39, 0.29) is 12.1 Å². The lowest BCUT2D eigenvalue weighted by atomic mass is 9.98. The van der Waals surface area contributed by atoms with E-state index in [4.69, 9.17) is 10.00 Å². The molecule has 1 aliphatic heterocycles. The first kappa shape index (κ1) is 14.8. The monoisotopic (exact) mass is 274 g/mol. The van der Waals surface area contributed by atoms with Crippen LogP contribution in [0.2, 0.25) is 0 Å². The highest BCUT2D eigenvalue weighted by atomic mass is 16.5. The van der Waals surface area contributed by atoms with Gasteiger partial charge in [-0.1, -0.05) is 12.5 Å². The molecule has 1 heterocycles. The van der Waals surface area contributed by atoms with Gasteiger partial charge in [0.25, 0.3) is 0 Å². The highest BCUT2D eigenvalue weighted by Gasteiger charge is 2.25. The molecule has 0 radical (unpaired) electrons. The van der Waals surface area contributed by atoms with Crippen molar-refractivity contribution < 1.29 is 9.84 Å². The lowest BCUT2D eigenvalue weighted by Gasteiger charge is -2.37. The van der Waals surface area contributed by atoms with Gasteiger partial charge in [-0.15, -0.1) is 0 Å². The summed E-state index contributed by atoms with van der Waals surface area (Å²) in [5.41, 5.74) is 0.613. The smallest absolute Gasteiger partial charge is 0.120 e. The SMILES string of the molecule is CC(O)C1CCCCN1CCOc1cccc(C#N)c1. The van der Waals surface area contributed by atoms with Gasteiger partial charge in [-0.05, 0) is 44.5 Å². The quantitative estimate of drug-likeness (QED) is 0.894. The van der Waals surface area contributed by atoms with Gasteiger partial charge in [0.15, 0.2) is 0 Å². The van der Waals surface area contributed by atoms with E-state index < -0.39 is 0 Å². The first-order valence-corrected chi connectivity index (χ1v) is 7.26. The standard InChI is InChI=1S/C16H22N2O2/c1-13(19)16-7-2-3-8-18(16)9-10-20-15-6-4-5-14(11-15)12-17/h4-6,11,13,16,19H,2-3,7-10H2,1H3. The van der Waals surface area contributed by atoms with Gasteiger partial charge in [-0.25, -0.2) is 0 Å². The third kappa shape index (κ3) is 3.96. The fraction of sp³-hybridized carbons (Fsp3) is 0.562. The van der Waals surface area contributed by atoms with Crippen molar-refractivity contribution in [3.05, 3.63) is 29.8 Å². The second kappa shape index (κ2) is 7.28. The second-order valence-corrected chi connectivity index (χ2v) is 5.33. The van der Waals surface area contributed by atoms with E-state index in [1.54, 1.807) is 12.1 Å². The second-order valence-electron chi connectivity index (χ2n) is 5.33. The van der Waals surface area contributed by atoms with E-state index >= 15 is 0 Å². The molecule has 1 aromatic rings.